The van der Waals surface area contributed by atoms with Crippen molar-refractivity contribution in [1.29, 1.82) is 5.26 Å². The predicted octanol–water partition coefficient (Wildman–Crippen LogP) is 5.76. The molecular formula is C23H22BrN3OS. The zero-order chi connectivity index (χ0) is 20.9. The Morgan fingerprint density at radius 1 is 1.28 bits per heavy atom. The SMILES string of the molecule is Cc1cccc(N2C(N)=C(C#N)[C@H](c3ccc(Br)s3)C3=C2CC(C)(C)CC3=O)c1. The third kappa shape index (κ3) is 3.43. The Labute approximate surface area is 183 Å². The maximum atomic E-state index is 13.4. The molecule has 4 nitrogen and oxygen atoms in total. The number of anilines is 1. The minimum atomic E-state index is -0.407. The molecule has 2 N–H and O–H groups in total. The number of halogens is 1. The van der Waals surface area contributed by atoms with E-state index in [0.29, 0.717) is 23.4 Å². The van der Waals surface area contributed by atoms with Gasteiger partial charge < -0.3 is 5.73 Å². The van der Waals surface area contributed by atoms with Crippen molar-refractivity contribution in [3.8, 4) is 6.07 Å². The number of thiophene rings is 1. The van der Waals surface area contributed by atoms with Gasteiger partial charge >= 0.3 is 0 Å². The fourth-order valence-electron chi connectivity index (χ4n) is 4.34. The third-order valence-corrected chi connectivity index (χ3v) is 7.21. The molecule has 148 valence electrons. The number of hydrogen-bond donors (Lipinski definition) is 1. The quantitative estimate of drug-likeness (QED) is 0.609. The van der Waals surface area contributed by atoms with E-state index in [0.717, 1.165) is 32.0 Å². The Morgan fingerprint density at radius 2 is 2.03 bits per heavy atom. The topological polar surface area (TPSA) is 70.1 Å². The van der Waals surface area contributed by atoms with E-state index < -0.39 is 5.92 Å². The first-order valence-electron chi connectivity index (χ1n) is 9.50. The second-order valence-corrected chi connectivity index (χ2v) is 11.0. The molecule has 0 radical (unpaired) electrons. The lowest BCUT2D eigenvalue weighted by Crippen LogP contribution is -2.42. The van der Waals surface area contributed by atoms with E-state index in [9.17, 15) is 10.1 Å². The van der Waals surface area contributed by atoms with Gasteiger partial charge in [0, 0.05) is 28.3 Å². The van der Waals surface area contributed by atoms with Gasteiger partial charge in [-0.05, 0) is 64.5 Å². The number of allylic oxidation sites excluding steroid dienone is 3. The molecule has 29 heavy (non-hydrogen) atoms. The van der Waals surface area contributed by atoms with Gasteiger partial charge in [-0.1, -0.05) is 26.0 Å². The number of nitriles is 1. The van der Waals surface area contributed by atoms with Gasteiger partial charge in [0.1, 0.15) is 5.82 Å². The van der Waals surface area contributed by atoms with E-state index in [2.05, 4.69) is 35.8 Å². The molecule has 0 spiro atoms. The summed E-state index contributed by atoms with van der Waals surface area (Å²) >= 11 is 5.05. The summed E-state index contributed by atoms with van der Waals surface area (Å²) in [6.07, 6.45) is 1.19. The number of nitrogens with two attached hydrogens (primary N) is 1. The molecular weight excluding hydrogens is 446 g/mol. The molecule has 0 unspecified atom stereocenters. The van der Waals surface area contributed by atoms with Gasteiger partial charge in [-0.2, -0.15) is 5.26 Å². The predicted molar refractivity (Wildman–Crippen MR) is 120 cm³/mol. The first kappa shape index (κ1) is 19.9. The average Bonchev–Trinajstić information content (AvgIpc) is 3.05. The molecule has 4 rings (SSSR count). The van der Waals surface area contributed by atoms with Crippen molar-refractivity contribution in [3.05, 3.63) is 73.3 Å². The van der Waals surface area contributed by atoms with Gasteiger partial charge in [0.15, 0.2) is 5.78 Å². The molecule has 0 amide bonds. The number of aryl methyl sites for hydroxylation is 1. The Kier molecular flexibility index (Phi) is 4.92. The fourth-order valence-corrected chi connectivity index (χ4v) is 5.88. The maximum Gasteiger partial charge on any atom is 0.162 e. The monoisotopic (exact) mass is 467 g/mol. The number of Topliss-reactive ketones (excluding diaryl/α,β-unsaturated/α-hetero) is 1. The molecule has 2 aliphatic rings. The van der Waals surface area contributed by atoms with Crippen molar-refractivity contribution >= 4 is 38.7 Å². The van der Waals surface area contributed by atoms with Crippen LogP contribution in [0.5, 0.6) is 0 Å². The van der Waals surface area contributed by atoms with Crippen LogP contribution in [0.4, 0.5) is 5.69 Å². The summed E-state index contributed by atoms with van der Waals surface area (Å²) in [6.45, 7) is 6.24. The largest absolute Gasteiger partial charge is 0.384 e. The highest BCUT2D eigenvalue weighted by Crippen LogP contribution is 2.51. The summed E-state index contributed by atoms with van der Waals surface area (Å²) in [5.41, 5.74) is 10.5. The van der Waals surface area contributed by atoms with Gasteiger partial charge in [0.2, 0.25) is 0 Å². The minimum absolute atomic E-state index is 0.101. The number of rotatable bonds is 2. The number of hydrogen-bond acceptors (Lipinski definition) is 5. The summed E-state index contributed by atoms with van der Waals surface area (Å²) in [5, 5.41) is 10.0. The average molecular weight is 468 g/mol. The van der Waals surface area contributed by atoms with E-state index in [-0.39, 0.29) is 11.2 Å². The van der Waals surface area contributed by atoms with Crippen LogP contribution in [0.25, 0.3) is 0 Å². The van der Waals surface area contributed by atoms with Crippen LogP contribution in [0, 0.1) is 23.7 Å². The smallest absolute Gasteiger partial charge is 0.162 e. The highest BCUT2D eigenvalue weighted by atomic mass is 79.9. The van der Waals surface area contributed by atoms with E-state index >= 15 is 0 Å². The van der Waals surface area contributed by atoms with Crippen molar-refractivity contribution in [1.82, 2.24) is 0 Å². The number of carbonyl (C=O) groups excluding carboxylic acids is 1. The lowest BCUT2D eigenvalue weighted by Gasteiger charge is -2.43. The van der Waals surface area contributed by atoms with Crippen LogP contribution in [-0.4, -0.2) is 5.78 Å². The van der Waals surface area contributed by atoms with E-state index in [1.54, 1.807) is 11.3 Å². The van der Waals surface area contributed by atoms with Crippen LogP contribution in [0.1, 0.15) is 43.0 Å². The molecule has 1 aromatic carbocycles. The molecule has 0 fully saturated rings. The first-order chi connectivity index (χ1) is 13.7. The van der Waals surface area contributed by atoms with E-state index in [1.165, 1.54) is 0 Å². The summed E-state index contributed by atoms with van der Waals surface area (Å²) < 4.78 is 0.968. The molecule has 1 aliphatic carbocycles. The molecule has 0 saturated heterocycles. The van der Waals surface area contributed by atoms with Gasteiger partial charge in [0.25, 0.3) is 0 Å². The van der Waals surface area contributed by atoms with E-state index in [4.69, 9.17) is 5.73 Å². The van der Waals surface area contributed by atoms with Crippen LogP contribution in [0.3, 0.4) is 0 Å². The molecule has 1 aromatic heterocycles. The highest BCUT2D eigenvalue weighted by Gasteiger charge is 2.45. The van der Waals surface area contributed by atoms with Gasteiger partial charge in [-0.15, -0.1) is 11.3 Å². The lowest BCUT2D eigenvalue weighted by molar-refractivity contribution is -0.118. The molecule has 2 heterocycles. The van der Waals surface area contributed by atoms with Crippen molar-refractivity contribution in [2.24, 2.45) is 11.1 Å². The van der Waals surface area contributed by atoms with Gasteiger partial charge in [0.05, 0.1) is 21.3 Å². The zero-order valence-electron chi connectivity index (χ0n) is 16.6. The van der Waals surface area contributed by atoms with Crippen LogP contribution in [0.15, 0.2) is 62.8 Å². The Morgan fingerprint density at radius 3 is 2.66 bits per heavy atom. The summed E-state index contributed by atoms with van der Waals surface area (Å²) in [5.74, 6) is 0.108. The standard InChI is InChI=1S/C23H22BrN3OS/c1-13-5-4-6-14(9-13)27-16-10-23(2,3)11-17(28)21(16)20(15(12-25)22(27)26)18-7-8-19(24)29-18/h4-9,20H,10-11,26H2,1-3H3/t20-/m1/s1. The van der Waals surface area contributed by atoms with Crippen molar-refractivity contribution < 1.29 is 4.79 Å². The van der Waals surface area contributed by atoms with Crippen LogP contribution in [-0.2, 0) is 4.79 Å². The second-order valence-electron chi connectivity index (χ2n) is 8.46. The summed E-state index contributed by atoms with van der Waals surface area (Å²) in [7, 11) is 0. The Hall–Kier alpha value is -2.36. The number of nitrogens with zero attached hydrogens (tertiary/aromatic N) is 2. The summed E-state index contributed by atoms with van der Waals surface area (Å²) in [4.78, 5) is 16.3. The van der Waals surface area contributed by atoms with Crippen LogP contribution in [0.2, 0.25) is 0 Å². The van der Waals surface area contributed by atoms with E-state index in [1.807, 2.05) is 48.2 Å². The van der Waals surface area contributed by atoms with Crippen LogP contribution < -0.4 is 10.6 Å². The lowest BCUT2D eigenvalue weighted by atomic mass is 9.69. The molecule has 2 aromatic rings. The number of ketones is 1. The molecule has 6 heteroatoms. The third-order valence-electron chi connectivity index (χ3n) is 5.52. The molecule has 0 bridgehead atoms. The normalized spacial score (nSPS) is 21.3. The summed E-state index contributed by atoms with van der Waals surface area (Å²) in [6, 6.07) is 14.3. The van der Waals surface area contributed by atoms with Crippen molar-refractivity contribution in [3.63, 3.8) is 0 Å². The number of benzene rings is 1. The minimum Gasteiger partial charge on any atom is -0.384 e. The van der Waals surface area contributed by atoms with Crippen LogP contribution >= 0.6 is 27.3 Å². The second kappa shape index (κ2) is 7.16. The highest BCUT2D eigenvalue weighted by molar-refractivity contribution is 9.11. The number of carbonyl (C=O) groups is 1. The fraction of sp³-hybridized carbons (Fsp3) is 0.304. The Balaban J connectivity index is 2.00. The van der Waals surface area contributed by atoms with Crippen molar-refractivity contribution in [2.75, 3.05) is 4.90 Å². The van der Waals surface area contributed by atoms with Gasteiger partial charge in [-0.25, -0.2) is 0 Å². The molecule has 0 saturated carbocycles. The molecule has 1 aliphatic heterocycles. The molecule has 1 atom stereocenters. The first-order valence-corrected chi connectivity index (χ1v) is 11.1. The van der Waals surface area contributed by atoms with Crippen molar-refractivity contribution in [2.45, 2.75) is 39.5 Å². The zero-order valence-corrected chi connectivity index (χ0v) is 19.0. The van der Waals surface area contributed by atoms with Gasteiger partial charge in [-0.3, -0.25) is 9.69 Å². The Bertz CT molecular complexity index is 1120. The maximum absolute atomic E-state index is 13.4.